The number of amides is 1. The lowest BCUT2D eigenvalue weighted by Crippen LogP contribution is -2.31. The molecule has 196 valence electrons. The van der Waals surface area contributed by atoms with Gasteiger partial charge in [-0.2, -0.15) is 0 Å². The first-order chi connectivity index (χ1) is 18.1. The number of nitrogens with two attached hydrogens (primary N) is 1. The zero-order valence-corrected chi connectivity index (χ0v) is 22.2. The van der Waals surface area contributed by atoms with Crippen molar-refractivity contribution < 1.29 is 22.7 Å². The van der Waals surface area contributed by atoms with Crippen LogP contribution in [-0.4, -0.2) is 35.9 Å². The first kappa shape index (κ1) is 26.6. The minimum Gasteiger partial charge on any atom is -0.464 e. The van der Waals surface area contributed by atoms with Crippen LogP contribution in [0.3, 0.4) is 0 Å². The number of nitrogens with one attached hydrogen (secondary N) is 1. The van der Waals surface area contributed by atoms with Gasteiger partial charge in [-0.3, -0.25) is 4.79 Å². The number of hydrogen-bond acceptors (Lipinski definition) is 9. The standard InChI is InChI=1S/C27H27N5O5S/c1-5-36-27-29-14-19(15-30-27)23-10-9-22(25(33)32-38(34,35)21-8-6-7-20(28)13-21)26(31-23)37-24-17(3)11-16(2)12-18(24)4/h6-15H,5,28H2,1-4H3,(H,32,33). The summed E-state index contributed by atoms with van der Waals surface area (Å²) in [5.41, 5.74) is 9.57. The summed E-state index contributed by atoms with van der Waals surface area (Å²) in [5, 5.41) is 0. The fourth-order valence-corrected chi connectivity index (χ4v) is 4.87. The zero-order chi connectivity index (χ0) is 27.4. The Bertz CT molecular complexity index is 1580. The summed E-state index contributed by atoms with van der Waals surface area (Å²) in [6, 6.07) is 12.7. The average molecular weight is 534 g/mol. The minimum atomic E-state index is -4.21. The molecular weight excluding hydrogens is 506 g/mol. The summed E-state index contributed by atoms with van der Waals surface area (Å²) in [4.78, 5) is 25.9. The largest absolute Gasteiger partial charge is 0.464 e. The van der Waals surface area contributed by atoms with E-state index in [1.807, 2.05) is 39.8 Å². The zero-order valence-electron chi connectivity index (χ0n) is 21.3. The van der Waals surface area contributed by atoms with Gasteiger partial charge in [0.2, 0.25) is 5.88 Å². The maximum absolute atomic E-state index is 13.2. The van der Waals surface area contributed by atoms with Crippen LogP contribution in [0, 0.1) is 20.8 Å². The molecule has 0 aliphatic heterocycles. The van der Waals surface area contributed by atoms with E-state index in [2.05, 4.69) is 19.7 Å². The maximum atomic E-state index is 13.2. The van der Waals surface area contributed by atoms with Crippen molar-refractivity contribution in [1.82, 2.24) is 19.7 Å². The van der Waals surface area contributed by atoms with Gasteiger partial charge < -0.3 is 15.2 Å². The quantitative estimate of drug-likeness (QED) is 0.315. The van der Waals surface area contributed by atoms with E-state index in [0.717, 1.165) is 16.7 Å². The summed E-state index contributed by atoms with van der Waals surface area (Å²) in [6.07, 6.45) is 3.08. The molecule has 3 N–H and O–H groups in total. The van der Waals surface area contributed by atoms with E-state index >= 15 is 0 Å². The van der Waals surface area contributed by atoms with Crippen molar-refractivity contribution in [1.29, 1.82) is 0 Å². The highest BCUT2D eigenvalue weighted by molar-refractivity contribution is 7.90. The average Bonchev–Trinajstić information content (AvgIpc) is 2.86. The smallest absolute Gasteiger partial charge is 0.316 e. The van der Waals surface area contributed by atoms with Crippen molar-refractivity contribution in [3.63, 3.8) is 0 Å². The molecule has 2 heterocycles. The predicted octanol–water partition coefficient (Wildman–Crippen LogP) is 4.36. The monoisotopic (exact) mass is 533 g/mol. The molecule has 2 aromatic heterocycles. The second kappa shape index (κ2) is 10.9. The molecule has 0 spiro atoms. The van der Waals surface area contributed by atoms with E-state index in [1.54, 1.807) is 12.1 Å². The van der Waals surface area contributed by atoms with Gasteiger partial charge in [-0.25, -0.2) is 28.1 Å². The highest BCUT2D eigenvalue weighted by Crippen LogP contribution is 2.32. The molecule has 0 aliphatic rings. The van der Waals surface area contributed by atoms with Crippen LogP contribution in [0.2, 0.25) is 0 Å². The van der Waals surface area contributed by atoms with Gasteiger partial charge in [0.05, 0.1) is 17.2 Å². The van der Waals surface area contributed by atoms with Crippen molar-refractivity contribution in [2.75, 3.05) is 12.3 Å². The Labute approximate surface area is 220 Å². The number of sulfonamides is 1. The number of aryl methyl sites for hydroxylation is 3. The molecule has 0 bridgehead atoms. The van der Waals surface area contributed by atoms with E-state index in [4.69, 9.17) is 15.2 Å². The third-order valence-electron chi connectivity index (χ3n) is 5.50. The molecule has 38 heavy (non-hydrogen) atoms. The molecular formula is C27H27N5O5S. The fraction of sp³-hybridized carbons (Fsp3) is 0.185. The van der Waals surface area contributed by atoms with Gasteiger partial charge in [0, 0.05) is 23.6 Å². The van der Waals surface area contributed by atoms with Gasteiger partial charge >= 0.3 is 6.01 Å². The Hall–Kier alpha value is -4.51. The number of rotatable bonds is 8. The Morgan fingerprint density at radius 1 is 1.00 bits per heavy atom. The van der Waals surface area contributed by atoms with E-state index in [-0.39, 0.29) is 28.0 Å². The number of carbonyl (C=O) groups is 1. The van der Waals surface area contributed by atoms with Crippen LogP contribution in [0.5, 0.6) is 17.6 Å². The summed E-state index contributed by atoms with van der Waals surface area (Å²) in [7, 11) is -4.21. The minimum absolute atomic E-state index is 0.0764. The number of hydrogen-bond donors (Lipinski definition) is 2. The molecule has 0 aliphatic carbocycles. The van der Waals surface area contributed by atoms with Crippen LogP contribution in [0.1, 0.15) is 34.0 Å². The van der Waals surface area contributed by atoms with Crippen LogP contribution >= 0.6 is 0 Å². The number of nitrogen functional groups attached to an aromatic ring is 1. The van der Waals surface area contributed by atoms with Gasteiger partial charge in [-0.15, -0.1) is 0 Å². The lowest BCUT2D eigenvalue weighted by molar-refractivity contribution is 0.0978. The van der Waals surface area contributed by atoms with Crippen molar-refractivity contribution >= 4 is 21.6 Å². The second-order valence-corrected chi connectivity index (χ2v) is 10.3. The van der Waals surface area contributed by atoms with Crippen LogP contribution in [0.4, 0.5) is 5.69 Å². The van der Waals surface area contributed by atoms with Crippen LogP contribution in [0.15, 0.2) is 65.8 Å². The summed E-state index contributed by atoms with van der Waals surface area (Å²) in [6.45, 7) is 7.98. The third kappa shape index (κ3) is 5.89. The number of carbonyl (C=O) groups excluding carboxylic acids is 1. The van der Waals surface area contributed by atoms with E-state index in [9.17, 15) is 13.2 Å². The summed E-state index contributed by atoms with van der Waals surface area (Å²) < 4.78 is 39.3. The lowest BCUT2D eigenvalue weighted by atomic mass is 10.1. The molecule has 10 nitrogen and oxygen atoms in total. The maximum Gasteiger partial charge on any atom is 0.316 e. The molecule has 11 heteroatoms. The van der Waals surface area contributed by atoms with Gasteiger partial charge in [-0.05, 0) is 69.2 Å². The molecule has 0 fully saturated rings. The SMILES string of the molecule is CCOc1ncc(-c2ccc(C(=O)NS(=O)(=O)c3cccc(N)c3)c(Oc3c(C)cc(C)cc3C)n2)cn1. The number of benzene rings is 2. The molecule has 1 amide bonds. The number of anilines is 1. The normalized spacial score (nSPS) is 11.2. The Balaban J connectivity index is 1.75. The number of nitrogens with zero attached hydrogens (tertiary/aromatic N) is 3. The van der Waals surface area contributed by atoms with Crippen LogP contribution in [0.25, 0.3) is 11.3 Å². The van der Waals surface area contributed by atoms with Gasteiger partial charge in [0.1, 0.15) is 11.3 Å². The molecule has 0 atom stereocenters. The molecule has 2 aromatic carbocycles. The molecule has 4 rings (SSSR count). The Kier molecular flexibility index (Phi) is 7.58. The van der Waals surface area contributed by atoms with Crippen molar-refractivity contribution in [3.8, 4) is 28.9 Å². The number of pyridine rings is 1. The molecule has 4 aromatic rings. The van der Waals surface area contributed by atoms with Crippen LogP contribution < -0.4 is 19.9 Å². The number of ether oxygens (including phenoxy) is 2. The van der Waals surface area contributed by atoms with Crippen molar-refractivity contribution in [2.45, 2.75) is 32.6 Å². The van der Waals surface area contributed by atoms with Gasteiger partial charge in [0.25, 0.3) is 15.9 Å². The van der Waals surface area contributed by atoms with Gasteiger partial charge in [0.15, 0.2) is 0 Å². The van der Waals surface area contributed by atoms with E-state index < -0.39 is 15.9 Å². The van der Waals surface area contributed by atoms with E-state index in [1.165, 1.54) is 36.7 Å². The highest BCUT2D eigenvalue weighted by Gasteiger charge is 2.24. The Morgan fingerprint density at radius 2 is 1.68 bits per heavy atom. The second-order valence-electron chi connectivity index (χ2n) is 8.57. The molecule has 0 unspecified atom stereocenters. The van der Waals surface area contributed by atoms with Crippen molar-refractivity contribution in [2.24, 2.45) is 0 Å². The lowest BCUT2D eigenvalue weighted by Gasteiger charge is -2.16. The first-order valence-corrected chi connectivity index (χ1v) is 13.2. The Morgan fingerprint density at radius 3 is 2.32 bits per heavy atom. The number of aromatic nitrogens is 3. The molecule has 0 saturated carbocycles. The molecule has 0 saturated heterocycles. The first-order valence-electron chi connectivity index (χ1n) is 11.7. The van der Waals surface area contributed by atoms with Gasteiger partial charge in [-0.1, -0.05) is 23.8 Å². The van der Waals surface area contributed by atoms with Crippen LogP contribution in [-0.2, 0) is 10.0 Å². The molecule has 0 radical (unpaired) electrons. The summed E-state index contributed by atoms with van der Waals surface area (Å²) >= 11 is 0. The van der Waals surface area contributed by atoms with E-state index in [0.29, 0.717) is 23.6 Å². The van der Waals surface area contributed by atoms with Crippen molar-refractivity contribution in [3.05, 3.63) is 83.2 Å². The fourth-order valence-electron chi connectivity index (χ4n) is 3.85. The topological polar surface area (TPSA) is 146 Å². The predicted molar refractivity (Wildman–Crippen MR) is 143 cm³/mol. The summed E-state index contributed by atoms with van der Waals surface area (Å²) in [5.74, 6) is -0.477. The highest BCUT2D eigenvalue weighted by atomic mass is 32.2. The third-order valence-corrected chi connectivity index (χ3v) is 6.83.